The first-order valence-electron chi connectivity index (χ1n) is 6.82. The van der Waals surface area contributed by atoms with Crippen LogP contribution in [0.5, 0.6) is 0 Å². The van der Waals surface area contributed by atoms with E-state index in [0.717, 1.165) is 12.8 Å². The van der Waals surface area contributed by atoms with Gasteiger partial charge < -0.3 is 5.73 Å². The Labute approximate surface area is 129 Å². The van der Waals surface area contributed by atoms with Crippen LogP contribution in [0.25, 0.3) is 0 Å². The summed E-state index contributed by atoms with van der Waals surface area (Å²) in [5.41, 5.74) is 7.02. The van der Waals surface area contributed by atoms with Crippen LogP contribution >= 0.6 is 15.9 Å². The number of nitrogen functional groups attached to an aromatic ring is 1. The van der Waals surface area contributed by atoms with Crippen molar-refractivity contribution in [3.8, 4) is 0 Å². The van der Waals surface area contributed by atoms with Crippen LogP contribution in [0.2, 0.25) is 0 Å². The van der Waals surface area contributed by atoms with Gasteiger partial charge >= 0.3 is 0 Å². The number of halogens is 1. The summed E-state index contributed by atoms with van der Waals surface area (Å²) in [6.45, 7) is 6.49. The molecule has 1 atom stereocenters. The monoisotopic (exact) mass is 360 g/mol. The number of hydrogen-bond donors (Lipinski definition) is 1. The molecule has 0 aliphatic carbocycles. The molecule has 1 aliphatic heterocycles. The number of nitrogens with zero attached hydrogens (tertiary/aromatic N) is 1. The van der Waals surface area contributed by atoms with Gasteiger partial charge in [-0.3, -0.25) is 0 Å². The van der Waals surface area contributed by atoms with E-state index in [2.05, 4.69) is 29.8 Å². The van der Waals surface area contributed by atoms with E-state index in [1.807, 2.05) is 0 Å². The molecule has 2 rings (SSSR count). The van der Waals surface area contributed by atoms with Crippen LogP contribution in [0, 0.1) is 12.8 Å². The van der Waals surface area contributed by atoms with Crippen molar-refractivity contribution in [3.05, 3.63) is 22.2 Å². The maximum atomic E-state index is 12.9. The lowest BCUT2D eigenvalue weighted by Gasteiger charge is -2.27. The van der Waals surface area contributed by atoms with Gasteiger partial charge in [0.05, 0.1) is 4.90 Å². The van der Waals surface area contributed by atoms with Gasteiger partial charge in [0.1, 0.15) is 0 Å². The minimum Gasteiger partial charge on any atom is -0.398 e. The highest BCUT2D eigenvalue weighted by Gasteiger charge is 2.37. The Morgan fingerprint density at radius 1 is 1.40 bits per heavy atom. The van der Waals surface area contributed by atoms with Crippen molar-refractivity contribution in [3.63, 3.8) is 0 Å². The first-order valence-corrected chi connectivity index (χ1v) is 9.06. The first-order chi connectivity index (χ1) is 9.25. The summed E-state index contributed by atoms with van der Waals surface area (Å²) in [7, 11) is -3.49. The molecule has 1 heterocycles. The second-order valence-corrected chi connectivity index (χ2v) is 8.46. The van der Waals surface area contributed by atoms with E-state index in [1.54, 1.807) is 23.4 Å². The van der Waals surface area contributed by atoms with Crippen LogP contribution in [0.3, 0.4) is 0 Å². The van der Waals surface area contributed by atoms with E-state index in [-0.39, 0.29) is 6.04 Å². The van der Waals surface area contributed by atoms with Gasteiger partial charge in [0, 0.05) is 22.7 Å². The molecule has 0 amide bonds. The Morgan fingerprint density at radius 2 is 2.05 bits per heavy atom. The van der Waals surface area contributed by atoms with Crippen LogP contribution in [0.4, 0.5) is 5.69 Å². The van der Waals surface area contributed by atoms with E-state index >= 15 is 0 Å². The Balaban J connectivity index is 2.51. The molecule has 1 fully saturated rings. The third kappa shape index (κ3) is 2.73. The lowest BCUT2D eigenvalue weighted by atomic mass is 10.0. The lowest BCUT2D eigenvalue weighted by molar-refractivity contribution is 0.315. The predicted molar refractivity (Wildman–Crippen MR) is 85.0 cm³/mol. The molecule has 1 saturated heterocycles. The number of hydrogen-bond acceptors (Lipinski definition) is 3. The summed E-state index contributed by atoms with van der Waals surface area (Å²) in [5.74, 6) is 0.317. The van der Waals surface area contributed by atoms with Gasteiger partial charge in [-0.2, -0.15) is 4.31 Å². The zero-order valence-corrected chi connectivity index (χ0v) is 14.5. The summed E-state index contributed by atoms with van der Waals surface area (Å²) >= 11 is 3.33. The zero-order valence-electron chi connectivity index (χ0n) is 12.1. The Bertz CT molecular complexity index is 614. The molecule has 1 aromatic rings. The molecule has 6 heteroatoms. The largest absolute Gasteiger partial charge is 0.398 e. The Hall–Kier alpha value is -0.590. The first kappa shape index (κ1) is 15.8. The van der Waals surface area contributed by atoms with E-state index in [0.29, 0.717) is 33.1 Å². The van der Waals surface area contributed by atoms with Crippen LogP contribution in [-0.4, -0.2) is 25.3 Å². The maximum Gasteiger partial charge on any atom is 0.243 e. The topological polar surface area (TPSA) is 63.4 Å². The lowest BCUT2D eigenvalue weighted by Crippen LogP contribution is -2.38. The number of benzene rings is 1. The molecule has 112 valence electrons. The SMILES string of the molecule is Cc1c(N)cc(Br)cc1S(=O)(=O)N1CCCC1C(C)C. The van der Waals surface area contributed by atoms with Crippen molar-refractivity contribution in [2.45, 2.75) is 44.6 Å². The normalized spacial score (nSPS) is 20.8. The quantitative estimate of drug-likeness (QED) is 0.842. The highest BCUT2D eigenvalue weighted by atomic mass is 79.9. The Morgan fingerprint density at radius 3 is 2.65 bits per heavy atom. The number of anilines is 1. The van der Waals surface area contributed by atoms with E-state index < -0.39 is 10.0 Å². The van der Waals surface area contributed by atoms with Crippen LogP contribution in [0.1, 0.15) is 32.3 Å². The second kappa shape index (κ2) is 5.66. The van der Waals surface area contributed by atoms with E-state index in [4.69, 9.17) is 5.73 Å². The molecule has 0 aromatic heterocycles. The van der Waals surface area contributed by atoms with Crippen molar-refractivity contribution in [1.82, 2.24) is 4.31 Å². The fourth-order valence-corrected chi connectivity index (χ4v) is 5.53. The third-order valence-electron chi connectivity index (χ3n) is 3.97. The summed E-state index contributed by atoms with van der Waals surface area (Å²) in [4.78, 5) is 0.317. The van der Waals surface area contributed by atoms with Gasteiger partial charge in [0.25, 0.3) is 0 Å². The summed E-state index contributed by atoms with van der Waals surface area (Å²) in [5, 5.41) is 0. The van der Waals surface area contributed by atoms with Gasteiger partial charge in [-0.05, 0) is 43.4 Å². The highest BCUT2D eigenvalue weighted by molar-refractivity contribution is 9.10. The molecule has 0 saturated carbocycles. The molecule has 0 spiro atoms. The van der Waals surface area contributed by atoms with Gasteiger partial charge in [-0.1, -0.05) is 29.8 Å². The predicted octanol–water partition coefficient (Wildman–Crippen LogP) is 3.15. The van der Waals surface area contributed by atoms with Crippen molar-refractivity contribution < 1.29 is 8.42 Å². The molecule has 1 aromatic carbocycles. The molecular weight excluding hydrogens is 340 g/mol. The molecule has 4 nitrogen and oxygen atoms in total. The highest BCUT2D eigenvalue weighted by Crippen LogP contribution is 2.34. The van der Waals surface area contributed by atoms with Crippen LogP contribution in [-0.2, 0) is 10.0 Å². The fourth-order valence-electron chi connectivity index (χ4n) is 2.80. The smallest absolute Gasteiger partial charge is 0.243 e. The molecule has 1 unspecified atom stereocenters. The van der Waals surface area contributed by atoms with Crippen LogP contribution < -0.4 is 5.73 Å². The van der Waals surface area contributed by atoms with E-state index in [1.165, 1.54) is 0 Å². The number of sulfonamides is 1. The summed E-state index contributed by atoms with van der Waals surface area (Å²) in [6.07, 6.45) is 1.85. The van der Waals surface area contributed by atoms with E-state index in [9.17, 15) is 8.42 Å². The van der Waals surface area contributed by atoms with Crippen molar-refractivity contribution in [1.29, 1.82) is 0 Å². The van der Waals surface area contributed by atoms with Crippen LogP contribution in [0.15, 0.2) is 21.5 Å². The molecule has 0 bridgehead atoms. The molecular formula is C14H21BrN2O2S. The number of nitrogens with two attached hydrogens (primary N) is 1. The molecule has 0 radical (unpaired) electrons. The van der Waals surface area contributed by atoms with Gasteiger partial charge in [-0.15, -0.1) is 0 Å². The minimum absolute atomic E-state index is 0.0830. The van der Waals surface area contributed by atoms with Gasteiger partial charge in [0.2, 0.25) is 10.0 Å². The Kier molecular flexibility index (Phi) is 4.47. The average Bonchev–Trinajstić information content (AvgIpc) is 2.83. The van der Waals surface area contributed by atoms with Crippen molar-refractivity contribution in [2.75, 3.05) is 12.3 Å². The molecule has 1 aliphatic rings. The summed E-state index contributed by atoms with van der Waals surface area (Å²) < 4.78 is 28.2. The second-order valence-electron chi connectivity index (χ2n) is 5.69. The average molecular weight is 361 g/mol. The number of rotatable bonds is 3. The fraction of sp³-hybridized carbons (Fsp3) is 0.571. The molecule has 20 heavy (non-hydrogen) atoms. The molecule has 2 N–H and O–H groups in total. The van der Waals surface area contributed by atoms with Gasteiger partial charge in [0.15, 0.2) is 0 Å². The van der Waals surface area contributed by atoms with Crippen molar-refractivity contribution in [2.24, 2.45) is 5.92 Å². The minimum atomic E-state index is -3.49. The maximum absolute atomic E-state index is 12.9. The van der Waals surface area contributed by atoms with Crippen molar-refractivity contribution >= 4 is 31.6 Å². The third-order valence-corrected chi connectivity index (χ3v) is 6.48. The summed E-state index contributed by atoms with van der Waals surface area (Å²) in [6, 6.07) is 3.47. The standard InChI is InChI=1S/C14H21BrN2O2S/c1-9(2)13-5-4-6-17(13)20(18,19)14-8-11(15)7-12(16)10(14)3/h7-9,13H,4-6,16H2,1-3H3. The zero-order chi connectivity index (χ0) is 15.1. The van der Waals surface area contributed by atoms with Gasteiger partial charge in [-0.25, -0.2) is 8.42 Å².